The highest BCUT2D eigenvalue weighted by Crippen LogP contribution is 2.40. The summed E-state index contributed by atoms with van der Waals surface area (Å²) in [5, 5.41) is 11.1. The Morgan fingerprint density at radius 1 is 1.40 bits per heavy atom. The van der Waals surface area contributed by atoms with E-state index in [2.05, 4.69) is 4.98 Å². The van der Waals surface area contributed by atoms with Gasteiger partial charge >= 0.3 is 0 Å². The predicted octanol–water partition coefficient (Wildman–Crippen LogP) is 3.19. The molecule has 1 fully saturated rings. The van der Waals surface area contributed by atoms with Gasteiger partial charge in [0.05, 0.1) is 21.3 Å². The van der Waals surface area contributed by atoms with Gasteiger partial charge in [-0.05, 0) is 31.0 Å². The first-order chi connectivity index (χ1) is 7.22. The smallest absolute Gasteiger partial charge is 0.0971 e. The highest BCUT2D eigenvalue weighted by Gasteiger charge is 2.30. The maximum absolute atomic E-state index is 9.25. The van der Waals surface area contributed by atoms with Crippen LogP contribution in [0.3, 0.4) is 0 Å². The fourth-order valence-electron chi connectivity index (χ4n) is 1.88. The minimum atomic E-state index is -0.120. The lowest BCUT2D eigenvalue weighted by atomic mass is 9.83. The fourth-order valence-corrected chi connectivity index (χ4v) is 3.12. The number of aromatic nitrogens is 1. The quantitative estimate of drug-likeness (QED) is 0.829. The number of hydrogen-bond donors (Lipinski definition) is 1. The number of aliphatic hydroxyl groups excluding tert-OH is 1. The van der Waals surface area contributed by atoms with Crippen molar-refractivity contribution in [1.82, 2.24) is 4.98 Å². The topological polar surface area (TPSA) is 33.1 Å². The fraction of sp³-hybridized carbons (Fsp3) is 0.364. The molecule has 2 aromatic rings. The van der Waals surface area contributed by atoms with Crippen molar-refractivity contribution >= 4 is 33.2 Å². The van der Waals surface area contributed by atoms with Crippen molar-refractivity contribution < 1.29 is 5.11 Å². The van der Waals surface area contributed by atoms with Gasteiger partial charge in [-0.3, -0.25) is 0 Å². The van der Waals surface area contributed by atoms with E-state index in [0.29, 0.717) is 5.92 Å². The Morgan fingerprint density at radius 3 is 2.93 bits per heavy atom. The van der Waals surface area contributed by atoms with Gasteiger partial charge in [0.2, 0.25) is 0 Å². The van der Waals surface area contributed by atoms with Crippen LogP contribution in [0.5, 0.6) is 0 Å². The molecule has 4 heteroatoms. The van der Waals surface area contributed by atoms with Crippen LogP contribution in [0.25, 0.3) is 10.2 Å². The highest BCUT2D eigenvalue weighted by atomic mass is 35.5. The summed E-state index contributed by atoms with van der Waals surface area (Å²) in [5.74, 6) is 0.455. The number of nitrogens with zero attached hydrogens (tertiary/aromatic N) is 1. The molecular weight excluding hydrogens is 230 g/mol. The molecule has 0 bridgehead atoms. The molecule has 1 aliphatic rings. The van der Waals surface area contributed by atoms with Crippen molar-refractivity contribution in [2.75, 3.05) is 0 Å². The molecule has 0 radical (unpaired) electrons. The molecule has 1 saturated carbocycles. The molecule has 0 saturated heterocycles. The summed E-state index contributed by atoms with van der Waals surface area (Å²) in [6.45, 7) is 0. The summed E-state index contributed by atoms with van der Waals surface area (Å²) in [5.41, 5.74) is 0.976. The third-order valence-corrected chi connectivity index (χ3v) is 4.26. The van der Waals surface area contributed by atoms with E-state index in [0.717, 1.165) is 28.4 Å². The van der Waals surface area contributed by atoms with Crippen molar-refractivity contribution in [3.63, 3.8) is 0 Å². The monoisotopic (exact) mass is 239 g/mol. The third-order valence-electron chi connectivity index (χ3n) is 2.83. The van der Waals surface area contributed by atoms with Crippen LogP contribution in [0.4, 0.5) is 0 Å². The van der Waals surface area contributed by atoms with Crippen molar-refractivity contribution in [2.24, 2.45) is 0 Å². The first kappa shape index (κ1) is 9.58. The van der Waals surface area contributed by atoms with Crippen molar-refractivity contribution in [3.8, 4) is 0 Å². The zero-order valence-corrected chi connectivity index (χ0v) is 9.55. The van der Waals surface area contributed by atoms with Crippen LogP contribution in [0, 0.1) is 0 Å². The lowest BCUT2D eigenvalue weighted by Gasteiger charge is -2.29. The average Bonchev–Trinajstić information content (AvgIpc) is 2.55. The zero-order valence-electron chi connectivity index (χ0n) is 7.98. The second-order valence-electron chi connectivity index (χ2n) is 3.99. The van der Waals surface area contributed by atoms with Gasteiger partial charge < -0.3 is 5.11 Å². The van der Waals surface area contributed by atoms with Crippen molar-refractivity contribution in [1.29, 1.82) is 0 Å². The maximum Gasteiger partial charge on any atom is 0.0971 e. The van der Waals surface area contributed by atoms with E-state index in [1.165, 1.54) is 4.70 Å². The maximum atomic E-state index is 9.25. The van der Waals surface area contributed by atoms with Crippen LogP contribution in [-0.2, 0) is 0 Å². The van der Waals surface area contributed by atoms with Crippen LogP contribution in [0.1, 0.15) is 23.8 Å². The molecule has 78 valence electrons. The van der Waals surface area contributed by atoms with Crippen molar-refractivity contribution in [3.05, 3.63) is 28.2 Å². The number of benzene rings is 1. The van der Waals surface area contributed by atoms with E-state index < -0.39 is 0 Å². The molecule has 0 spiro atoms. The Labute approximate surface area is 96.5 Å². The molecule has 1 heterocycles. The van der Waals surface area contributed by atoms with Crippen LogP contribution in [-0.4, -0.2) is 16.2 Å². The largest absolute Gasteiger partial charge is 0.393 e. The van der Waals surface area contributed by atoms with E-state index >= 15 is 0 Å². The Hall–Kier alpha value is -0.640. The van der Waals surface area contributed by atoms with Gasteiger partial charge in [0.25, 0.3) is 0 Å². The lowest BCUT2D eigenvalue weighted by Crippen LogP contribution is -2.26. The van der Waals surface area contributed by atoms with Gasteiger partial charge in [-0.15, -0.1) is 11.3 Å². The van der Waals surface area contributed by atoms with E-state index in [1.807, 2.05) is 18.2 Å². The zero-order chi connectivity index (χ0) is 10.4. The summed E-state index contributed by atoms with van der Waals surface area (Å²) in [7, 11) is 0. The molecule has 0 amide bonds. The third kappa shape index (κ3) is 1.65. The molecule has 1 aromatic heterocycles. The van der Waals surface area contributed by atoms with Gasteiger partial charge in [0.1, 0.15) is 0 Å². The first-order valence-electron chi connectivity index (χ1n) is 4.96. The lowest BCUT2D eigenvalue weighted by molar-refractivity contribution is 0.0746. The average molecular weight is 240 g/mol. The number of thiazole rings is 1. The van der Waals surface area contributed by atoms with Crippen LogP contribution in [0.15, 0.2) is 18.2 Å². The molecule has 3 rings (SSSR count). The molecule has 1 N–H and O–H groups in total. The van der Waals surface area contributed by atoms with Gasteiger partial charge in [-0.2, -0.15) is 0 Å². The molecular formula is C11H10ClNOS. The SMILES string of the molecule is O[C@H]1C[C@@H](c2nc3cc(Cl)ccc3s2)C1. The summed E-state index contributed by atoms with van der Waals surface area (Å²) in [6.07, 6.45) is 1.59. The predicted molar refractivity (Wildman–Crippen MR) is 62.6 cm³/mol. The Kier molecular flexibility index (Phi) is 2.20. The first-order valence-corrected chi connectivity index (χ1v) is 6.16. The summed E-state index contributed by atoms with van der Waals surface area (Å²) < 4.78 is 1.18. The second kappa shape index (κ2) is 3.44. The minimum absolute atomic E-state index is 0.120. The standard InChI is InChI=1S/C11H10ClNOS/c12-7-1-2-10-9(5-7)13-11(15-10)6-3-8(14)4-6/h1-2,5-6,8,14H,3-4H2/t6-,8+. The summed E-state index contributed by atoms with van der Waals surface area (Å²) >= 11 is 7.61. The Balaban J connectivity index is 1.99. The summed E-state index contributed by atoms with van der Waals surface area (Å²) in [4.78, 5) is 4.55. The number of halogens is 1. The van der Waals surface area contributed by atoms with Crippen molar-refractivity contribution in [2.45, 2.75) is 24.9 Å². The van der Waals surface area contributed by atoms with E-state index in [-0.39, 0.29) is 6.10 Å². The van der Waals surface area contributed by atoms with Gasteiger partial charge in [-0.25, -0.2) is 4.98 Å². The second-order valence-corrected chi connectivity index (χ2v) is 5.48. The summed E-state index contributed by atoms with van der Waals surface area (Å²) in [6, 6.07) is 5.79. The van der Waals surface area contributed by atoms with Gasteiger partial charge in [0.15, 0.2) is 0 Å². The molecule has 1 aromatic carbocycles. The molecule has 0 unspecified atom stereocenters. The van der Waals surface area contributed by atoms with Gasteiger partial charge in [-0.1, -0.05) is 11.6 Å². The minimum Gasteiger partial charge on any atom is -0.393 e. The van der Waals surface area contributed by atoms with E-state index in [1.54, 1.807) is 11.3 Å². The number of hydrogen-bond acceptors (Lipinski definition) is 3. The van der Waals surface area contributed by atoms with E-state index in [9.17, 15) is 5.11 Å². The van der Waals surface area contributed by atoms with E-state index in [4.69, 9.17) is 11.6 Å². The molecule has 2 nitrogen and oxygen atoms in total. The molecule has 1 aliphatic carbocycles. The molecule has 0 atom stereocenters. The van der Waals surface area contributed by atoms with Crippen LogP contribution in [0.2, 0.25) is 5.02 Å². The van der Waals surface area contributed by atoms with Crippen LogP contribution < -0.4 is 0 Å². The highest BCUT2D eigenvalue weighted by molar-refractivity contribution is 7.18. The normalized spacial score (nSPS) is 25.5. The van der Waals surface area contributed by atoms with Gasteiger partial charge in [0, 0.05) is 10.9 Å². The number of fused-ring (bicyclic) bond motifs is 1. The number of aliphatic hydroxyl groups is 1. The Morgan fingerprint density at radius 2 is 2.20 bits per heavy atom. The number of rotatable bonds is 1. The molecule has 0 aliphatic heterocycles. The van der Waals surface area contributed by atoms with Crippen LogP contribution >= 0.6 is 22.9 Å². The molecule has 15 heavy (non-hydrogen) atoms. The Bertz CT molecular complexity index is 504.